The molecular formula is C23H26N2O3. The van der Waals surface area contributed by atoms with Crippen LogP contribution in [-0.2, 0) is 9.59 Å². The number of nitrogens with zero attached hydrogens (tertiary/aromatic N) is 1. The molecule has 1 N–H and O–H groups in total. The average Bonchev–Trinajstić information content (AvgIpc) is 2.90. The minimum Gasteiger partial charge on any atom is -0.492 e. The third kappa shape index (κ3) is 3.65. The van der Waals surface area contributed by atoms with Crippen LogP contribution >= 0.6 is 0 Å². The molecule has 0 bridgehead atoms. The lowest BCUT2D eigenvalue weighted by atomic mass is 9.99. The SMILES string of the molecule is CCCN1C(=O)C(Nc2ccccc2OCC)=C(c2ccc(C)c(C)c2)C1=O. The molecule has 0 saturated heterocycles. The van der Waals surface area contributed by atoms with Gasteiger partial charge in [0.25, 0.3) is 11.8 Å². The third-order valence-corrected chi connectivity index (χ3v) is 4.86. The van der Waals surface area contributed by atoms with E-state index in [0.717, 1.165) is 16.7 Å². The van der Waals surface area contributed by atoms with Crippen LogP contribution < -0.4 is 10.1 Å². The molecule has 0 aromatic heterocycles. The van der Waals surface area contributed by atoms with Crippen molar-refractivity contribution in [2.45, 2.75) is 34.1 Å². The van der Waals surface area contributed by atoms with Crippen molar-refractivity contribution >= 4 is 23.1 Å². The number of carbonyl (C=O) groups is 2. The van der Waals surface area contributed by atoms with Gasteiger partial charge in [-0.3, -0.25) is 14.5 Å². The van der Waals surface area contributed by atoms with E-state index in [1.54, 1.807) is 0 Å². The van der Waals surface area contributed by atoms with Crippen molar-refractivity contribution in [2.24, 2.45) is 0 Å². The van der Waals surface area contributed by atoms with Crippen LogP contribution in [0.5, 0.6) is 5.75 Å². The Morgan fingerprint density at radius 1 is 0.964 bits per heavy atom. The van der Waals surface area contributed by atoms with Gasteiger partial charge >= 0.3 is 0 Å². The topological polar surface area (TPSA) is 58.6 Å². The zero-order valence-corrected chi connectivity index (χ0v) is 16.8. The highest BCUT2D eigenvalue weighted by atomic mass is 16.5. The van der Waals surface area contributed by atoms with Gasteiger partial charge in [-0.25, -0.2) is 0 Å². The first kappa shape index (κ1) is 19.7. The molecule has 2 amide bonds. The number of anilines is 1. The smallest absolute Gasteiger partial charge is 0.278 e. The van der Waals surface area contributed by atoms with Crippen molar-refractivity contribution in [1.82, 2.24) is 4.90 Å². The molecule has 28 heavy (non-hydrogen) atoms. The zero-order valence-electron chi connectivity index (χ0n) is 16.8. The summed E-state index contributed by atoms with van der Waals surface area (Å²) in [6.07, 6.45) is 0.709. The van der Waals surface area contributed by atoms with Gasteiger partial charge in [0, 0.05) is 6.54 Å². The molecule has 1 aliphatic heterocycles. The molecule has 5 heteroatoms. The molecule has 2 aromatic carbocycles. The first-order valence-electron chi connectivity index (χ1n) is 9.64. The van der Waals surface area contributed by atoms with Gasteiger partial charge in [-0.1, -0.05) is 37.3 Å². The number of nitrogens with one attached hydrogen (secondary N) is 1. The fourth-order valence-electron chi connectivity index (χ4n) is 3.27. The number of ether oxygens (including phenoxy) is 1. The van der Waals surface area contributed by atoms with Gasteiger partial charge in [-0.2, -0.15) is 0 Å². The molecule has 1 heterocycles. The lowest BCUT2D eigenvalue weighted by molar-refractivity contribution is -0.136. The minimum absolute atomic E-state index is 0.258. The predicted molar refractivity (Wildman–Crippen MR) is 111 cm³/mol. The molecule has 0 radical (unpaired) electrons. The van der Waals surface area contributed by atoms with Crippen LogP contribution in [0.25, 0.3) is 5.57 Å². The van der Waals surface area contributed by atoms with Crippen LogP contribution in [-0.4, -0.2) is 29.9 Å². The quantitative estimate of drug-likeness (QED) is 0.730. The molecule has 0 unspecified atom stereocenters. The summed E-state index contributed by atoms with van der Waals surface area (Å²) in [4.78, 5) is 27.5. The maximum Gasteiger partial charge on any atom is 0.278 e. The van der Waals surface area contributed by atoms with Crippen LogP contribution in [0.15, 0.2) is 48.2 Å². The summed E-state index contributed by atoms with van der Waals surface area (Å²) in [6.45, 7) is 8.79. The molecule has 0 spiro atoms. The lowest BCUT2D eigenvalue weighted by Crippen LogP contribution is -2.33. The second kappa shape index (κ2) is 8.30. The van der Waals surface area contributed by atoms with Crippen LogP contribution in [0.2, 0.25) is 0 Å². The molecule has 0 saturated carbocycles. The van der Waals surface area contributed by atoms with Gasteiger partial charge in [0.1, 0.15) is 11.4 Å². The normalized spacial score (nSPS) is 14.1. The molecule has 0 aliphatic carbocycles. The minimum atomic E-state index is -0.300. The second-order valence-corrected chi connectivity index (χ2v) is 6.87. The first-order chi connectivity index (χ1) is 13.5. The largest absolute Gasteiger partial charge is 0.492 e. The van der Waals surface area contributed by atoms with Crippen molar-refractivity contribution in [3.63, 3.8) is 0 Å². The summed E-state index contributed by atoms with van der Waals surface area (Å²) >= 11 is 0. The van der Waals surface area contributed by atoms with Gasteiger partial charge in [-0.05, 0) is 56.0 Å². The second-order valence-electron chi connectivity index (χ2n) is 6.87. The number of amides is 2. The van der Waals surface area contributed by atoms with E-state index in [2.05, 4.69) is 5.32 Å². The van der Waals surface area contributed by atoms with Crippen LogP contribution in [0.4, 0.5) is 5.69 Å². The van der Waals surface area contributed by atoms with E-state index in [-0.39, 0.29) is 11.8 Å². The van der Waals surface area contributed by atoms with E-state index in [1.807, 2.05) is 70.2 Å². The highest BCUT2D eigenvalue weighted by Crippen LogP contribution is 2.34. The number of hydrogen-bond donors (Lipinski definition) is 1. The number of imide groups is 1. The first-order valence-corrected chi connectivity index (χ1v) is 9.64. The van der Waals surface area contributed by atoms with Crippen LogP contribution in [0, 0.1) is 13.8 Å². The average molecular weight is 378 g/mol. The Bertz CT molecular complexity index is 947. The van der Waals surface area contributed by atoms with E-state index in [9.17, 15) is 9.59 Å². The molecule has 3 rings (SSSR count). The van der Waals surface area contributed by atoms with E-state index in [1.165, 1.54) is 4.90 Å². The summed E-state index contributed by atoms with van der Waals surface area (Å²) in [7, 11) is 0. The standard InChI is InChI=1S/C23H26N2O3/c1-5-13-25-22(26)20(17-12-11-15(3)16(4)14-17)21(23(25)27)24-18-9-7-8-10-19(18)28-6-2/h7-12,14,24H,5-6,13H2,1-4H3. The highest BCUT2D eigenvalue weighted by Gasteiger charge is 2.39. The van der Waals surface area contributed by atoms with Crippen LogP contribution in [0.1, 0.15) is 37.0 Å². The maximum absolute atomic E-state index is 13.1. The number of carbonyl (C=O) groups excluding carboxylic acids is 2. The van der Waals surface area contributed by atoms with Gasteiger partial charge < -0.3 is 10.1 Å². The Labute approximate surface area is 166 Å². The van der Waals surface area contributed by atoms with Crippen LogP contribution in [0.3, 0.4) is 0 Å². The van der Waals surface area contributed by atoms with E-state index < -0.39 is 0 Å². The predicted octanol–water partition coefficient (Wildman–Crippen LogP) is 4.30. The Morgan fingerprint density at radius 2 is 1.71 bits per heavy atom. The zero-order chi connectivity index (χ0) is 20.3. The van der Waals surface area contributed by atoms with E-state index >= 15 is 0 Å². The number of para-hydroxylation sites is 2. The van der Waals surface area contributed by atoms with Crippen molar-refractivity contribution in [2.75, 3.05) is 18.5 Å². The number of hydrogen-bond acceptors (Lipinski definition) is 4. The lowest BCUT2D eigenvalue weighted by Gasteiger charge is -2.15. The third-order valence-electron chi connectivity index (χ3n) is 4.86. The fourth-order valence-corrected chi connectivity index (χ4v) is 3.27. The molecule has 1 aliphatic rings. The number of benzene rings is 2. The summed E-state index contributed by atoms with van der Waals surface area (Å²) in [6, 6.07) is 13.3. The van der Waals surface area contributed by atoms with Gasteiger partial charge in [-0.15, -0.1) is 0 Å². The van der Waals surface area contributed by atoms with E-state index in [0.29, 0.717) is 42.3 Å². The fraction of sp³-hybridized carbons (Fsp3) is 0.304. The maximum atomic E-state index is 13.1. The molecule has 0 atom stereocenters. The molecule has 5 nitrogen and oxygen atoms in total. The molecule has 0 fully saturated rings. The Morgan fingerprint density at radius 3 is 2.39 bits per heavy atom. The summed E-state index contributed by atoms with van der Waals surface area (Å²) in [5.74, 6) is 0.0870. The summed E-state index contributed by atoms with van der Waals surface area (Å²) in [5.41, 5.74) is 4.34. The molecular weight excluding hydrogens is 352 g/mol. The van der Waals surface area contributed by atoms with E-state index in [4.69, 9.17) is 4.74 Å². The van der Waals surface area contributed by atoms with Crippen molar-refractivity contribution in [3.05, 3.63) is 64.9 Å². The Hall–Kier alpha value is -3.08. The highest BCUT2D eigenvalue weighted by molar-refractivity contribution is 6.36. The molecule has 2 aromatic rings. The van der Waals surface area contributed by atoms with Gasteiger partial charge in [0.05, 0.1) is 17.9 Å². The van der Waals surface area contributed by atoms with Crippen molar-refractivity contribution < 1.29 is 14.3 Å². The van der Waals surface area contributed by atoms with Crippen molar-refractivity contribution in [3.8, 4) is 5.75 Å². The van der Waals surface area contributed by atoms with Crippen molar-refractivity contribution in [1.29, 1.82) is 0 Å². The molecule has 146 valence electrons. The summed E-state index contributed by atoms with van der Waals surface area (Å²) in [5, 5.41) is 3.19. The summed E-state index contributed by atoms with van der Waals surface area (Å²) < 4.78 is 5.66. The Kier molecular flexibility index (Phi) is 5.83. The number of rotatable bonds is 7. The monoisotopic (exact) mass is 378 g/mol. The Balaban J connectivity index is 2.11. The number of aryl methyl sites for hydroxylation is 2. The van der Waals surface area contributed by atoms with Gasteiger partial charge in [0.2, 0.25) is 0 Å². The van der Waals surface area contributed by atoms with Gasteiger partial charge in [0.15, 0.2) is 0 Å².